The van der Waals surface area contributed by atoms with Crippen molar-refractivity contribution in [1.29, 1.82) is 5.26 Å². The Hall–Kier alpha value is -2.89. The van der Waals surface area contributed by atoms with Crippen molar-refractivity contribution >= 4 is 21.6 Å². The molecule has 1 amide bonds. The minimum absolute atomic E-state index is 0.0452. The minimum Gasteiger partial charge on any atom is -0.352 e. The zero-order chi connectivity index (χ0) is 19.9. The lowest BCUT2D eigenvalue weighted by Crippen LogP contribution is -2.27. The number of hydrogen-bond acceptors (Lipinski definition) is 5. The summed E-state index contributed by atoms with van der Waals surface area (Å²) in [5, 5.41) is 11.9. The van der Waals surface area contributed by atoms with Crippen molar-refractivity contribution in [2.45, 2.75) is 11.3 Å². The summed E-state index contributed by atoms with van der Waals surface area (Å²) in [7, 11) is -0.0221. The van der Waals surface area contributed by atoms with Crippen LogP contribution in [0.5, 0.6) is 0 Å². The molecule has 142 valence electrons. The Labute approximate surface area is 159 Å². The molecule has 27 heavy (non-hydrogen) atoms. The number of carbonyl (C=O) groups excluding carboxylic acids is 1. The SMILES string of the molecule is CN(C)CCCNC(=O)c1cccc(S(=O)(=O)Nc2ccccc2C#N)c1. The molecule has 0 bridgehead atoms. The van der Waals surface area contributed by atoms with E-state index in [0.717, 1.165) is 13.0 Å². The largest absolute Gasteiger partial charge is 0.352 e. The summed E-state index contributed by atoms with van der Waals surface area (Å²) in [6.45, 7) is 1.35. The average Bonchev–Trinajstić information content (AvgIpc) is 2.65. The highest BCUT2D eigenvalue weighted by molar-refractivity contribution is 7.92. The number of amides is 1. The maximum atomic E-state index is 12.6. The topological polar surface area (TPSA) is 102 Å². The van der Waals surface area contributed by atoms with E-state index in [4.69, 9.17) is 5.26 Å². The van der Waals surface area contributed by atoms with E-state index in [9.17, 15) is 13.2 Å². The van der Waals surface area contributed by atoms with E-state index in [2.05, 4.69) is 10.0 Å². The monoisotopic (exact) mass is 386 g/mol. The number of anilines is 1. The van der Waals surface area contributed by atoms with E-state index in [-0.39, 0.29) is 27.6 Å². The van der Waals surface area contributed by atoms with Crippen molar-refractivity contribution < 1.29 is 13.2 Å². The molecule has 2 rings (SSSR count). The van der Waals surface area contributed by atoms with Gasteiger partial charge in [0.1, 0.15) is 6.07 Å². The standard InChI is InChI=1S/C19H22N4O3S/c1-23(2)12-6-11-21-19(24)15-8-5-9-17(13-15)27(25,26)22-18-10-4-3-7-16(18)14-20/h3-5,7-10,13,22H,6,11-12H2,1-2H3,(H,21,24). The molecule has 0 saturated carbocycles. The lowest BCUT2D eigenvalue weighted by Gasteiger charge is -2.11. The fourth-order valence-corrected chi connectivity index (χ4v) is 3.50. The molecule has 0 fully saturated rings. The van der Waals surface area contributed by atoms with Gasteiger partial charge in [-0.05, 0) is 57.4 Å². The fraction of sp³-hybridized carbons (Fsp3) is 0.263. The lowest BCUT2D eigenvalue weighted by atomic mass is 10.2. The van der Waals surface area contributed by atoms with E-state index in [0.29, 0.717) is 6.54 Å². The number of sulfonamides is 1. The van der Waals surface area contributed by atoms with Crippen LogP contribution in [0.4, 0.5) is 5.69 Å². The predicted octanol–water partition coefficient (Wildman–Crippen LogP) is 2.04. The summed E-state index contributed by atoms with van der Waals surface area (Å²) < 4.78 is 27.6. The van der Waals surface area contributed by atoms with Gasteiger partial charge < -0.3 is 10.2 Å². The van der Waals surface area contributed by atoms with E-state index in [1.54, 1.807) is 18.2 Å². The van der Waals surface area contributed by atoms with Crippen molar-refractivity contribution in [3.8, 4) is 6.07 Å². The predicted molar refractivity (Wildman–Crippen MR) is 104 cm³/mol. The third-order valence-corrected chi connectivity index (χ3v) is 5.13. The Bertz CT molecular complexity index is 949. The van der Waals surface area contributed by atoms with Crippen LogP contribution < -0.4 is 10.0 Å². The van der Waals surface area contributed by atoms with Crippen LogP contribution in [0, 0.1) is 11.3 Å². The number of para-hydroxylation sites is 1. The summed E-state index contributed by atoms with van der Waals surface area (Å²) >= 11 is 0. The summed E-state index contributed by atoms with van der Waals surface area (Å²) in [4.78, 5) is 14.2. The first kappa shape index (κ1) is 20.4. The molecular formula is C19H22N4O3S. The van der Waals surface area contributed by atoms with Crippen molar-refractivity contribution in [2.24, 2.45) is 0 Å². The molecule has 7 nitrogen and oxygen atoms in total. The Morgan fingerprint density at radius 3 is 2.59 bits per heavy atom. The van der Waals surface area contributed by atoms with Gasteiger partial charge in [-0.2, -0.15) is 5.26 Å². The van der Waals surface area contributed by atoms with Gasteiger partial charge in [0.2, 0.25) is 0 Å². The van der Waals surface area contributed by atoms with Crippen molar-refractivity contribution in [3.05, 3.63) is 59.7 Å². The second-order valence-corrected chi connectivity index (χ2v) is 7.89. The second kappa shape index (κ2) is 9.16. The molecule has 0 atom stereocenters. The molecule has 0 aliphatic carbocycles. The number of rotatable bonds is 8. The van der Waals surface area contributed by atoms with Gasteiger partial charge in [-0.3, -0.25) is 9.52 Å². The van der Waals surface area contributed by atoms with Gasteiger partial charge in [0.15, 0.2) is 0 Å². The number of nitrogens with one attached hydrogen (secondary N) is 2. The number of nitrogens with zero attached hydrogens (tertiary/aromatic N) is 2. The fourth-order valence-electron chi connectivity index (χ4n) is 2.38. The zero-order valence-electron chi connectivity index (χ0n) is 15.3. The van der Waals surface area contributed by atoms with Crippen LogP contribution in [0.15, 0.2) is 53.4 Å². The van der Waals surface area contributed by atoms with Gasteiger partial charge in [-0.1, -0.05) is 18.2 Å². The van der Waals surface area contributed by atoms with Crippen LogP contribution >= 0.6 is 0 Å². The maximum Gasteiger partial charge on any atom is 0.261 e. The third kappa shape index (κ3) is 5.81. The average molecular weight is 386 g/mol. The van der Waals surface area contributed by atoms with E-state index in [1.807, 2.05) is 25.1 Å². The van der Waals surface area contributed by atoms with Crippen molar-refractivity contribution in [2.75, 3.05) is 31.9 Å². The third-order valence-electron chi connectivity index (χ3n) is 3.77. The van der Waals surface area contributed by atoms with Gasteiger partial charge >= 0.3 is 0 Å². The Morgan fingerprint density at radius 1 is 1.15 bits per heavy atom. The van der Waals surface area contributed by atoms with Gasteiger partial charge in [0.25, 0.3) is 15.9 Å². The van der Waals surface area contributed by atoms with Crippen LogP contribution in [-0.2, 0) is 10.0 Å². The van der Waals surface area contributed by atoms with Crippen molar-refractivity contribution in [3.63, 3.8) is 0 Å². The summed E-state index contributed by atoms with van der Waals surface area (Å²) in [5.41, 5.74) is 0.672. The molecular weight excluding hydrogens is 364 g/mol. The van der Waals surface area contributed by atoms with E-state index in [1.165, 1.54) is 30.3 Å². The molecule has 0 aliphatic heterocycles. The van der Waals surface area contributed by atoms with Gasteiger partial charge in [0, 0.05) is 12.1 Å². The Morgan fingerprint density at radius 2 is 1.89 bits per heavy atom. The molecule has 0 radical (unpaired) electrons. The second-order valence-electron chi connectivity index (χ2n) is 6.20. The first-order chi connectivity index (χ1) is 12.8. The smallest absolute Gasteiger partial charge is 0.261 e. The summed E-state index contributed by atoms with van der Waals surface area (Å²) in [6.07, 6.45) is 0.795. The van der Waals surface area contributed by atoms with E-state index < -0.39 is 10.0 Å². The summed E-state index contributed by atoms with van der Waals surface area (Å²) in [6, 6.07) is 14.1. The molecule has 0 saturated heterocycles. The number of hydrogen-bond donors (Lipinski definition) is 2. The highest BCUT2D eigenvalue weighted by atomic mass is 32.2. The molecule has 0 aliphatic rings. The molecule has 2 N–H and O–H groups in total. The Kier molecular flexibility index (Phi) is 6.93. The van der Waals surface area contributed by atoms with E-state index >= 15 is 0 Å². The maximum absolute atomic E-state index is 12.6. The van der Waals surface area contributed by atoms with Gasteiger partial charge in [-0.25, -0.2) is 8.42 Å². The van der Waals surface area contributed by atoms with Crippen LogP contribution in [0.3, 0.4) is 0 Å². The number of benzene rings is 2. The molecule has 0 aromatic heterocycles. The number of nitriles is 1. The molecule has 0 heterocycles. The number of carbonyl (C=O) groups is 1. The van der Waals surface area contributed by atoms with Gasteiger partial charge in [-0.15, -0.1) is 0 Å². The van der Waals surface area contributed by atoms with Crippen LogP contribution in [0.1, 0.15) is 22.3 Å². The molecule has 0 spiro atoms. The highest BCUT2D eigenvalue weighted by Gasteiger charge is 2.17. The molecule has 8 heteroatoms. The normalized spacial score (nSPS) is 11.0. The first-order valence-electron chi connectivity index (χ1n) is 8.38. The van der Waals surface area contributed by atoms with Crippen LogP contribution in [0.2, 0.25) is 0 Å². The van der Waals surface area contributed by atoms with Crippen LogP contribution in [-0.4, -0.2) is 46.4 Å². The lowest BCUT2D eigenvalue weighted by molar-refractivity contribution is 0.0952. The molecule has 2 aromatic rings. The molecule has 2 aromatic carbocycles. The quantitative estimate of drug-likeness (QED) is 0.676. The zero-order valence-corrected chi connectivity index (χ0v) is 16.1. The van der Waals surface area contributed by atoms with Gasteiger partial charge in [0.05, 0.1) is 16.1 Å². The summed E-state index contributed by atoms with van der Waals surface area (Å²) in [5.74, 6) is -0.330. The van der Waals surface area contributed by atoms with Crippen LogP contribution in [0.25, 0.3) is 0 Å². The highest BCUT2D eigenvalue weighted by Crippen LogP contribution is 2.20. The minimum atomic E-state index is -3.93. The Balaban J connectivity index is 2.13. The van der Waals surface area contributed by atoms with Crippen molar-refractivity contribution in [1.82, 2.24) is 10.2 Å². The first-order valence-corrected chi connectivity index (χ1v) is 9.87. The molecule has 0 unspecified atom stereocenters.